The largest absolute Gasteiger partial charge is 0.352 e. The van der Waals surface area contributed by atoms with Crippen LogP contribution >= 0.6 is 0 Å². The Balaban J connectivity index is 1.29. The third-order valence-corrected chi connectivity index (χ3v) is 6.84. The number of allylic oxidation sites excluding steroid dienone is 1. The Kier molecular flexibility index (Phi) is 7.96. The zero-order chi connectivity index (χ0) is 25.7. The molecule has 1 atom stereocenters. The van der Waals surface area contributed by atoms with Gasteiger partial charge in [0, 0.05) is 12.2 Å². The number of likely N-dealkylation sites (tertiary alicyclic amines) is 1. The van der Waals surface area contributed by atoms with Crippen molar-refractivity contribution in [2.24, 2.45) is 0 Å². The van der Waals surface area contributed by atoms with Crippen molar-refractivity contribution in [2.45, 2.75) is 38.1 Å². The van der Waals surface area contributed by atoms with E-state index >= 15 is 0 Å². The molecule has 188 valence electrons. The fourth-order valence-electron chi connectivity index (χ4n) is 4.96. The molecule has 0 radical (unpaired) electrons. The van der Waals surface area contributed by atoms with Gasteiger partial charge in [-0.3, -0.25) is 4.79 Å². The summed E-state index contributed by atoms with van der Waals surface area (Å²) in [7, 11) is 0. The Bertz CT molecular complexity index is 1210. The molecule has 4 rings (SSSR count). The second-order valence-electron chi connectivity index (χ2n) is 9.17. The summed E-state index contributed by atoms with van der Waals surface area (Å²) < 4.78 is 27.2. The highest BCUT2D eigenvalue weighted by Crippen LogP contribution is 2.30. The van der Waals surface area contributed by atoms with Crippen molar-refractivity contribution in [1.29, 1.82) is 5.26 Å². The first-order valence-corrected chi connectivity index (χ1v) is 12.1. The number of urea groups is 1. The number of carbonyl (C=O) groups excluding carboxylic acids is 2. The number of nitrogens with zero attached hydrogens (tertiary/aromatic N) is 2. The van der Waals surface area contributed by atoms with Crippen molar-refractivity contribution in [2.75, 3.05) is 26.2 Å². The summed E-state index contributed by atoms with van der Waals surface area (Å²) >= 11 is 0. The average molecular weight is 494 g/mol. The van der Waals surface area contributed by atoms with E-state index < -0.39 is 23.7 Å². The average Bonchev–Trinajstić information content (AvgIpc) is 2.88. The molecule has 3 amide bonds. The lowest BCUT2D eigenvalue weighted by molar-refractivity contribution is -0.118. The highest BCUT2D eigenvalue weighted by molar-refractivity contribution is 5.98. The maximum Gasteiger partial charge on any atom is 0.319 e. The number of nitriles is 1. The lowest BCUT2D eigenvalue weighted by atomic mass is 9.87. The number of hydrogen-bond acceptors (Lipinski definition) is 4. The summed E-state index contributed by atoms with van der Waals surface area (Å²) in [6.07, 6.45) is 2.71. The molecular weight excluding hydrogens is 464 g/mol. The number of rotatable bonds is 7. The van der Waals surface area contributed by atoms with Crippen LogP contribution in [0.5, 0.6) is 0 Å². The number of benzene rings is 2. The smallest absolute Gasteiger partial charge is 0.319 e. The van der Waals surface area contributed by atoms with Crippen LogP contribution in [0.1, 0.15) is 54.8 Å². The second-order valence-corrected chi connectivity index (χ2v) is 9.17. The molecule has 36 heavy (non-hydrogen) atoms. The van der Waals surface area contributed by atoms with Crippen LogP contribution in [0.25, 0.3) is 0 Å². The van der Waals surface area contributed by atoms with Crippen molar-refractivity contribution in [1.82, 2.24) is 20.9 Å². The van der Waals surface area contributed by atoms with E-state index in [1.807, 2.05) is 24.3 Å². The Morgan fingerprint density at radius 2 is 1.92 bits per heavy atom. The first-order chi connectivity index (χ1) is 17.4. The van der Waals surface area contributed by atoms with Crippen LogP contribution in [0, 0.1) is 23.0 Å². The maximum atomic E-state index is 13.8. The van der Waals surface area contributed by atoms with Gasteiger partial charge >= 0.3 is 6.03 Å². The van der Waals surface area contributed by atoms with E-state index in [1.54, 1.807) is 6.92 Å². The van der Waals surface area contributed by atoms with E-state index in [0.717, 1.165) is 62.2 Å². The minimum absolute atomic E-state index is 0.262. The van der Waals surface area contributed by atoms with Crippen LogP contribution in [0.4, 0.5) is 13.6 Å². The highest BCUT2D eigenvalue weighted by Gasteiger charge is 2.31. The summed E-state index contributed by atoms with van der Waals surface area (Å²) in [6.45, 7) is 4.72. The molecule has 2 aromatic rings. The van der Waals surface area contributed by atoms with E-state index in [0.29, 0.717) is 18.2 Å². The van der Waals surface area contributed by atoms with E-state index in [1.165, 1.54) is 6.07 Å². The lowest BCUT2D eigenvalue weighted by Gasteiger charge is -2.32. The second kappa shape index (κ2) is 11.3. The Hall–Kier alpha value is -3.77. The van der Waals surface area contributed by atoms with E-state index in [9.17, 15) is 23.6 Å². The zero-order valence-electron chi connectivity index (χ0n) is 20.1. The van der Waals surface area contributed by atoms with Gasteiger partial charge in [0.15, 0.2) is 11.6 Å². The van der Waals surface area contributed by atoms with Crippen molar-refractivity contribution in [3.8, 4) is 6.07 Å². The van der Waals surface area contributed by atoms with E-state index in [2.05, 4.69) is 26.9 Å². The maximum absolute atomic E-state index is 13.8. The summed E-state index contributed by atoms with van der Waals surface area (Å²) in [4.78, 5) is 27.3. The fourth-order valence-corrected chi connectivity index (χ4v) is 4.96. The number of piperidine rings is 1. The summed E-state index contributed by atoms with van der Waals surface area (Å²) in [5, 5.41) is 17.5. The molecule has 0 spiro atoms. The van der Waals surface area contributed by atoms with Crippen molar-refractivity contribution < 1.29 is 18.4 Å². The fraction of sp³-hybridized carbons (Fsp3) is 0.370. The van der Waals surface area contributed by atoms with E-state index in [4.69, 9.17) is 0 Å². The monoisotopic (exact) mass is 493 g/mol. The van der Waals surface area contributed by atoms with Gasteiger partial charge in [-0.05, 0) is 81.1 Å². The predicted octanol–water partition coefficient (Wildman–Crippen LogP) is 3.85. The molecule has 3 N–H and O–H groups in total. The van der Waals surface area contributed by atoms with E-state index in [-0.39, 0.29) is 17.0 Å². The Morgan fingerprint density at radius 1 is 1.17 bits per heavy atom. The van der Waals surface area contributed by atoms with Gasteiger partial charge in [-0.25, -0.2) is 13.6 Å². The topological polar surface area (TPSA) is 97.3 Å². The molecule has 0 unspecified atom stereocenters. The number of halogens is 2. The van der Waals surface area contributed by atoms with Crippen molar-refractivity contribution in [3.05, 3.63) is 82.1 Å². The number of hydrogen-bond donors (Lipinski definition) is 3. The summed E-state index contributed by atoms with van der Waals surface area (Å²) in [5.74, 6) is -2.03. The molecule has 2 heterocycles. The van der Waals surface area contributed by atoms with Crippen LogP contribution in [-0.2, 0) is 4.79 Å². The third kappa shape index (κ3) is 5.71. The highest BCUT2D eigenvalue weighted by atomic mass is 19.2. The molecule has 0 saturated carbocycles. The van der Waals surface area contributed by atoms with Crippen LogP contribution in [0.2, 0.25) is 0 Å². The summed E-state index contributed by atoms with van der Waals surface area (Å²) in [5.41, 5.74) is 2.79. The molecule has 1 fully saturated rings. The van der Waals surface area contributed by atoms with Gasteiger partial charge in [0.05, 0.1) is 23.2 Å². The first-order valence-electron chi connectivity index (χ1n) is 12.1. The SMILES string of the molecule is CC1=C(C(=O)NCCCN2CCC(c3ccccc3C#N)CC2)[C@@H](c2ccc(F)c(F)c2)NC(=O)N1. The molecule has 0 bridgehead atoms. The van der Waals surface area contributed by atoms with Gasteiger partial charge in [-0.1, -0.05) is 24.3 Å². The first kappa shape index (κ1) is 25.3. The van der Waals surface area contributed by atoms with Gasteiger partial charge < -0.3 is 20.9 Å². The van der Waals surface area contributed by atoms with Gasteiger partial charge in [0.25, 0.3) is 5.91 Å². The molecule has 2 aliphatic rings. The molecular formula is C27H29F2N5O2. The van der Waals surface area contributed by atoms with Crippen LogP contribution in [0.15, 0.2) is 53.7 Å². The third-order valence-electron chi connectivity index (χ3n) is 6.84. The number of nitrogens with one attached hydrogen (secondary N) is 3. The molecule has 9 heteroatoms. The minimum Gasteiger partial charge on any atom is -0.352 e. The van der Waals surface area contributed by atoms with Gasteiger partial charge in [0.2, 0.25) is 0 Å². The standard InChI is InChI=1S/C27H29F2N5O2/c1-17-24(25(33-27(36)32-17)19-7-8-22(28)23(29)15-19)26(35)31-11-4-12-34-13-9-18(10-14-34)21-6-3-2-5-20(21)16-30/h2-3,5-8,15,18,25H,4,9-14H2,1H3,(H,31,35)(H2,32,33,36)/t25-/m1/s1. The number of amides is 3. The Morgan fingerprint density at radius 3 is 2.64 bits per heavy atom. The predicted molar refractivity (Wildman–Crippen MR) is 131 cm³/mol. The van der Waals surface area contributed by atoms with Crippen LogP contribution in [0.3, 0.4) is 0 Å². The zero-order valence-corrected chi connectivity index (χ0v) is 20.1. The summed E-state index contributed by atoms with van der Waals surface area (Å²) in [6, 6.07) is 12.0. The van der Waals surface area contributed by atoms with Crippen molar-refractivity contribution in [3.63, 3.8) is 0 Å². The lowest BCUT2D eigenvalue weighted by Crippen LogP contribution is -2.47. The van der Waals surface area contributed by atoms with Crippen LogP contribution < -0.4 is 16.0 Å². The number of carbonyl (C=O) groups is 2. The molecule has 2 aliphatic heterocycles. The normalized spacial score (nSPS) is 18.8. The molecule has 7 nitrogen and oxygen atoms in total. The van der Waals surface area contributed by atoms with Crippen molar-refractivity contribution >= 4 is 11.9 Å². The molecule has 0 aromatic heterocycles. The molecule has 0 aliphatic carbocycles. The molecule has 2 aromatic carbocycles. The van der Waals surface area contributed by atoms with Gasteiger partial charge in [0.1, 0.15) is 0 Å². The Labute approximate surface area is 209 Å². The molecule has 1 saturated heterocycles. The van der Waals surface area contributed by atoms with Gasteiger partial charge in [-0.15, -0.1) is 0 Å². The quantitative estimate of drug-likeness (QED) is 0.511. The van der Waals surface area contributed by atoms with Crippen LogP contribution in [-0.4, -0.2) is 43.0 Å². The van der Waals surface area contributed by atoms with Gasteiger partial charge in [-0.2, -0.15) is 5.26 Å². The minimum atomic E-state index is -1.04.